The summed E-state index contributed by atoms with van der Waals surface area (Å²) >= 11 is 0. The molecule has 1 amide bonds. The molecule has 0 saturated carbocycles. The van der Waals surface area contributed by atoms with Crippen LogP contribution in [0.1, 0.15) is 32.3 Å². The summed E-state index contributed by atoms with van der Waals surface area (Å²) in [5, 5.41) is 0. The van der Waals surface area contributed by atoms with Crippen molar-refractivity contribution in [2.75, 3.05) is 31.1 Å². The first-order valence-electron chi connectivity index (χ1n) is 12.4. The summed E-state index contributed by atoms with van der Waals surface area (Å²) in [7, 11) is 0. The topological polar surface area (TPSA) is 61.8 Å². The predicted molar refractivity (Wildman–Crippen MR) is 134 cm³/mol. The lowest BCUT2D eigenvalue weighted by molar-refractivity contribution is 0.0166. The zero-order chi connectivity index (χ0) is 24.4. The molecule has 2 saturated heterocycles. The first-order chi connectivity index (χ1) is 17.0. The summed E-state index contributed by atoms with van der Waals surface area (Å²) in [5.74, 6) is 0.624. The lowest BCUT2D eigenvalue weighted by Gasteiger charge is -2.44. The molecule has 0 spiro atoms. The maximum atomic E-state index is 13.1. The van der Waals surface area contributed by atoms with Gasteiger partial charge >= 0.3 is 6.09 Å². The number of carbonyl (C=O) groups is 1. The average molecular weight is 478 g/mol. The minimum atomic E-state index is -0.231. The largest absolute Gasteiger partial charge is 0.446 e. The van der Waals surface area contributed by atoms with Crippen LogP contribution >= 0.6 is 0 Å². The number of halogens is 1. The van der Waals surface area contributed by atoms with Gasteiger partial charge in [-0.2, -0.15) is 0 Å². The van der Waals surface area contributed by atoms with E-state index in [1.165, 1.54) is 12.1 Å². The second-order valence-corrected chi connectivity index (χ2v) is 9.71. The third-order valence-corrected chi connectivity index (χ3v) is 7.07. The molecule has 0 aliphatic carbocycles. The number of hydrogen-bond donors (Lipinski definition) is 0. The standard InChI is InChI=1S/C27H32FN5O2/c1-19-17-33(20(2)16-32(19)26-15-29-24-5-3-4-6-25(24)30-26)27(34)35-23-11-13-31(14-12-23)18-21-7-9-22(28)10-8-21/h3-10,15,19-20,23H,11-14,16-18H2,1-2H3/t19-,20+/m0/s1. The summed E-state index contributed by atoms with van der Waals surface area (Å²) in [6.07, 6.45) is 3.14. The fourth-order valence-corrected chi connectivity index (χ4v) is 5.03. The molecule has 5 rings (SSSR count). The van der Waals surface area contributed by atoms with Gasteiger partial charge in [0.25, 0.3) is 0 Å². The fourth-order valence-electron chi connectivity index (χ4n) is 5.03. The van der Waals surface area contributed by atoms with E-state index >= 15 is 0 Å². The molecule has 2 atom stereocenters. The van der Waals surface area contributed by atoms with E-state index in [0.29, 0.717) is 13.1 Å². The molecule has 2 fully saturated rings. The van der Waals surface area contributed by atoms with Crippen LogP contribution in [0.5, 0.6) is 0 Å². The van der Waals surface area contributed by atoms with Crippen LogP contribution in [-0.2, 0) is 11.3 Å². The van der Waals surface area contributed by atoms with Gasteiger partial charge in [0.1, 0.15) is 17.7 Å². The minimum absolute atomic E-state index is 0.00513. The molecule has 3 aromatic rings. The SMILES string of the molecule is C[C@@H]1CN(c2cnc3ccccc3n2)[C@@H](C)CN1C(=O)OC1CCN(Cc2ccc(F)cc2)CC1. The van der Waals surface area contributed by atoms with Crippen LogP contribution in [0.15, 0.2) is 54.7 Å². The molecule has 2 aromatic carbocycles. The average Bonchev–Trinajstić information content (AvgIpc) is 2.87. The second kappa shape index (κ2) is 10.2. The van der Waals surface area contributed by atoms with Crippen molar-refractivity contribution in [3.05, 3.63) is 66.1 Å². The number of nitrogens with zero attached hydrogens (tertiary/aromatic N) is 5. The highest BCUT2D eigenvalue weighted by molar-refractivity contribution is 5.75. The van der Waals surface area contributed by atoms with Crippen molar-refractivity contribution in [3.8, 4) is 0 Å². The van der Waals surface area contributed by atoms with Gasteiger partial charge < -0.3 is 14.5 Å². The number of rotatable bonds is 4. The summed E-state index contributed by atoms with van der Waals surface area (Å²) in [4.78, 5) is 28.8. The van der Waals surface area contributed by atoms with Crippen LogP contribution in [0, 0.1) is 5.82 Å². The van der Waals surface area contributed by atoms with Gasteiger partial charge in [-0.15, -0.1) is 0 Å². The fraction of sp³-hybridized carbons (Fsp3) is 0.444. The Morgan fingerprint density at radius 3 is 2.46 bits per heavy atom. The Hall–Kier alpha value is -3.26. The molecule has 184 valence electrons. The van der Waals surface area contributed by atoms with Crippen LogP contribution < -0.4 is 4.90 Å². The van der Waals surface area contributed by atoms with E-state index in [9.17, 15) is 9.18 Å². The first kappa shape index (κ1) is 23.5. The molecule has 35 heavy (non-hydrogen) atoms. The number of aromatic nitrogens is 2. The maximum absolute atomic E-state index is 13.1. The number of carbonyl (C=O) groups excluding carboxylic acids is 1. The third kappa shape index (κ3) is 5.37. The highest BCUT2D eigenvalue weighted by atomic mass is 19.1. The van der Waals surface area contributed by atoms with Gasteiger partial charge in [0.05, 0.1) is 17.2 Å². The van der Waals surface area contributed by atoms with Gasteiger partial charge in [-0.05, 0) is 56.5 Å². The number of piperazine rings is 1. The molecule has 1 aromatic heterocycles. The van der Waals surface area contributed by atoms with E-state index in [2.05, 4.69) is 28.6 Å². The van der Waals surface area contributed by atoms with Crippen LogP contribution in [0.25, 0.3) is 11.0 Å². The van der Waals surface area contributed by atoms with Crippen molar-refractivity contribution in [1.82, 2.24) is 19.8 Å². The Morgan fingerprint density at radius 1 is 1.00 bits per heavy atom. The summed E-state index contributed by atoms with van der Waals surface area (Å²) < 4.78 is 19.1. The zero-order valence-electron chi connectivity index (χ0n) is 20.3. The van der Waals surface area contributed by atoms with Crippen molar-refractivity contribution >= 4 is 22.9 Å². The normalized spacial score (nSPS) is 21.9. The molecule has 7 nitrogen and oxygen atoms in total. The highest BCUT2D eigenvalue weighted by Crippen LogP contribution is 2.25. The Labute approximate surface area is 205 Å². The molecular weight excluding hydrogens is 445 g/mol. The summed E-state index contributed by atoms with van der Waals surface area (Å²) in [5.41, 5.74) is 2.85. The van der Waals surface area contributed by atoms with Crippen molar-refractivity contribution in [1.29, 1.82) is 0 Å². The number of anilines is 1. The Bertz CT molecular complexity index is 1170. The molecule has 0 bridgehead atoms. The molecule has 0 unspecified atom stereocenters. The van der Waals surface area contributed by atoms with Crippen LogP contribution in [-0.4, -0.2) is 70.2 Å². The number of ether oxygens (including phenoxy) is 1. The van der Waals surface area contributed by atoms with Crippen molar-refractivity contribution < 1.29 is 13.9 Å². The van der Waals surface area contributed by atoms with Crippen LogP contribution in [0.4, 0.5) is 15.0 Å². The Balaban J connectivity index is 1.14. The van der Waals surface area contributed by atoms with E-state index in [1.54, 1.807) is 0 Å². The number of likely N-dealkylation sites (tertiary alicyclic amines) is 1. The Kier molecular flexibility index (Phi) is 6.81. The van der Waals surface area contributed by atoms with Crippen LogP contribution in [0.3, 0.4) is 0 Å². The van der Waals surface area contributed by atoms with Crippen LogP contribution in [0.2, 0.25) is 0 Å². The van der Waals surface area contributed by atoms with E-state index in [4.69, 9.17) is 9.72 Å². The van der Waals surface area contributed by atoms with Gasteiger partial charge in [-0.1, -0.05) is 24.3 Å². The quantitative estimate of drug-likeness (QED) is 0.553. The van der Waals surface area contributed by atoms with Gasteiger partial charge in [-0.3, -0.25) is 9.88 Å². The second-order valence-electron chi connectivity index (χ2n) is 9.71. The summed E-state index contributed by atoms with van der Waals surface area (Å²) in [6.45, 7) is 7.93. The molecule has 2 aliphatic heterocycles. The van der Waals surface area contributed by atoms with Crippen molar-refractivity contribution in [3.63, 3.8) is 0 Å². The maximum Gasteiger partial charge on any atom is 0.410 e. The van der Waals surface area contributed by atoms with Crippen molar-refractivity contribution in [2.24, 2.45) is 0 Å². The first-order valence-corrected chi connectivity index (χ1v) is 12.4. The lowest BCUT2D eigenvalue weighted by Crippen LogP contribution is -2.59. The minimum Gasteiger partial charge on any atom is -0.446 e. The number of fused-ring (bicyclic) bond motifs is 1. The van der Waals surface area contributed by atoms with Gasteiger partial charge in [0, 0.05) is 44.8 Å². The van der Waals surface area contributed by atoms with Gasteiger partial charge in [0.2, 0.25) is 0 Å². The monoisotopic (exact) mass is 477 g/mol. The molecule has 3 heterocycles. The number of piperidine rings is 1. The molecule has 2 aliphatic rings. The van der Waals surface area contributed by atoms with E-state index in [0.717, 1.165) is 54.9 Å². The lowest BCUT2D eigenvalue weighted by atomic mass is 10.1. The van der Waals surface area contributed by atoms with E-state index < -0.39 is 0 Å². The zero-order valence-corrected chi connectivity index (χ0v) is 20.3. The Morgan fingerprint density at radius 2 is 1.71 bits per heavy atom. The van der Waals surface area contributed by atoms with Gasteiger partial charge in [-0.25, -0.2) is 14.2 Å². The van der Waals surface area contributed by atoms with Crippen molar-refractivity contribution in [2.45, 2.75) is 51.4 Å². The highest BCUT2D eigenvalue weighted by Gasteiger charge is 2.35. The van der Waals surface area contributed by atoms with E-state index in [-0.39, 0.29) is 30.1 Å². The number of hydrogen-bond acceptors (Lipinski definition) is 6. The summed E-state index contributed by atoms with van der Waals surface area (Å²) in [6, 6.07) is 14.6. The number of benzene rings is 2. The van der Waals surface area contributed by atoms with Gasteiger partial charge in [0.15, 0.2) is 0 Å². The molecule has 0 N–H and O–H groups in total. The third-order valence-electron chi connectivity index (χ3n) is 7.07. The van der Waals surface area contributed by atoms with E-state index in [1.807, 2.05) is 47.5 Å². The smallest absolute Gasteiger partial charge is 0.410 e. The molecule has 8 heteroatoms. The predicted octanol–water partition coefficient (Wildman–Crippen LogP) is 4.47. The molecule has 0 radical (unpaired) electrons. The number of para-hydroxylation sites is 2. The number of amides is 1. The molecular formula is C27H32FN5O2.